The Balaban J connectivity index is 1.53. The molecule has 2 aromatic rings. The number of carbonyl (C=O) groups is 1. The van der Waals surface area contributed by atoms with Gasteiger partial charge in [0.1, 0.15) is 0 Å². The molecule has 0 spiro atoms. The van der Waals surface area contributed by atoms with Gasteiger partial charge in [-0.3, -0.25) is 4.79 Å². The van der Waals surface area contributed by atoms with Crippen LogP contribution in [0.15, 0.2) is 42.6 Å². The molecule has 1 aromatic heterocycles. The van der Waals surface area contributed by atoms with Crippen molar-refractivity contribution in [2.75, 3.05) is 0 Å². The van der Waals surface area contributed by atoms with Crippen molar-refractivity contribution in [3.63, 3.8) is 0 Å². The zero-order chi connectivity index (χ0) is 13.1. The maximum absolute atomic E-state index is 11.9. The molecule has 0 aliphatic heterocycles. The van der Waals surface area contributed by atoms with Gasteiger partial charge in [0.2, 0.25) is 0 Å². The summed E-state index contributed by atoms with van der Waals surface area (Å²) in [7, 11) is 0. The monoisotopic (exact) mass is 253 g/mol. The van der Waals surface area contributed by atoms with Crippen molar-refractivity contribution >= 4 is 5.78 Å². The molecule has 0 saturated carbocycles. The Morgan fingerprint density at radius 1 is 1.21 bits per heavy atom. The minimum Gasteiger partial charge on any atom is -0.359 e. The first-order valence-electron chi connectivity index (χ1n) is 7.09. The number of carbonyl (C=O) groups excluding carboxylic acids is 1. The van der Waals surface area contributed by atoms with Crippen molar-refractivity contribution < 1.29 is 4.79 Å². The van der Waals surface area contributed by atoms with Crippen LogP contribution < -0.4 is 0 Å². The molecule has 1 heterocycles. The summed E-state index contributed by atoms with van der Waals surface area (Å²) in [5.74, 6) is 0.893. The second kappa shape index (κ2) is 5.43. The van der Waals surface area contributed by atoms with Crippen molar-refractivity contribution in [1.29, 1.82) is 0 Å². The second-order valence-corrected chi connectivity index (χ2v) is 5.33. The predicted molar refractivity (Wildman–Crippen MR) is 76.5 cm³/mol. The molecule has 0 amide bonds. The first-order valence-corrected chi connectivity index (χ1v) is 7.09. The molecule has 0 bridgehead atoms. The third-order valence-corrected chi connectivity index (χ3v) is 4.11. The van der Waals surface area contributed by atoms with Crippen LogP contribution in [0, 0.1) is 0 Å². The number of aryl methyl sites for hydroxylation is 1. The normalized spacial score (nSPS) is 17.4. The lowest BCUT2D eigenvalue weighted by Crippen LogP contribution is -2.01. The predicted octanol–water partition coefficient (Wildman–Crippen LogP) is 4.10. The van der Waals surface area contributed by atoms with Crippen LogP contribution in [0.3, 0.4) is 0 Å². The fourth-order valence-electron chi connectivity index (χ4n) is 3.09. The van der Waals surface area contributed by atoms with Crippen LogP contribution in [-0.4, -0.2) is 10.8 Å². The third kappa shape index (κ3) is 2.62. The summed E-state index contributed by atoms with van der Waals surface area (Å²) < 4.78 is 0. The molecular formula is C17H19NO. The summed E-state index contributed by atoms with van der Waals surface area (Å²) in [6, 6.07) is 12.5. The van der Waals surface area contributed by atoms with E-state index in [1.165, 1.54) is 24.0 Å². The van der Waals surface area contributed by atoms with Crippen LogP contribution in [0.2, 0.25) is 0 Å². The molecule has 0 radical (unpaired) electrons. The molecule has 1 unspecified atom stereocenters. The molecule has 19 heavy (non-hydrogen) atoms. The standard InChI is InChI=1S/C17H19NO/c19-17(16-8-4-12-18-16)9-3-6-14-11-10-13-5-1-2-7-15(13)14/h1-2,4-5,7-8,12,14,18H,3,6,9-11H2. The summed E-state index contributed by atoms with van der Waals surface area (Å²) in [6.07, 6.45) is 7.02. The number of ketones is 1. The van der Waals surface area contributed by atoms with Gasteiger partial charge in [0.05, 0.1) is 5.69 Å². The SMILES string of the molecule is O=C(CCCC1CCc2ccccc21)c1ccc[nH]1. The molecule has 1 N–H and O–H groups in total. The van der Waals surface area contributed by atoms with Crippen LogP contribution in [0.25, 0.3) is 0 Å². The first kappa shape index (κ1) is 12.2. The number of fused-ring (bicyclic) bond motifs is 1. The minimum absolute atomic E-state index is 0.233. The minimum atomic E-state index is 0.233. The van der Waals surface area contributed by atoms with E-state index < -0.39 is 0 Å². The number of aromatic nitrogens is 1. The topological polar surface area (TPSA) is 32.9 Å². The van der Waals surface area contributed by atoms with E-state index >= 15 is 0 Å². The van der Waals surface area contributed by atoms with Crippen LogP contribution in [0.5, 0.6) is 0 Å². The zero-order valence-corrected chi connectivity index (χ0v) is 11.1. The molecular weight excluding hydrogens is 234 g/mol. The van der Waals surface area contributed by atoms with Crippen LogP contribution >= 0.6 is 0 Å². The first-order chi connectivity index (χ1) is 9.34. The number of H-pyrrole nitrogens is 1. The Labute approximate surface area is 113 Å². The third-order valence-electron chi connectivity index (χ3n) is 4.11. The molecule has 1 aromatic carbocycles. The number of rotatable bonds is 5. The lowest BCUT2D eigenvalue weighted by Gasteiger charge is -2.10. The van der Waals surface area contributed by atoms with E-state index in [4.69, 9.17) is 0 Å². The van der Waals surface area contributed by atoms with Gasteiger partial charge in [-0.1, -0.05) is 24.3 Å². The summed E-state index contributed by atoms with van der Waals surface area (Å²) >= 11 is 0. The van der Waals surface area contributed by atoms with Crippen molar-refractivity contribution in [1.82, 2.24) is 4.98 Å². The average Bonchev–Trinajstić information content (AvgIpc) is 3.08. The highest BCUT2D eigenvalue weighted by atomic mass is 16.1. The highest BCUT2D eigenvalue weighted by Gasteiger charge is 2.21. The van der Waals surface area contributed by atoms with Crippen LogP contribution in [0.1, 0.15) is 53.2 Å². The zero-order valence-electron chi connectivity index (χ0n) is 11.1. The van der Waals surface area contributed by atoms with Gasteiger partial charge in [-0.05, 0) is 54.9 Å². The van der Waals surface area contributed by atoms with Gasteiger partial charge in [0.25, 0.3) is 0 Å². The van der Waals surface area contributed by atoms with Gasteiger partial charge in [0, 0.05) is 12.6 Å². The second-order valence-electron chi connectivity index (χ2n) is 5.33. The Morgan fingerprint density at radius 2 is 2.11 bits per heavy atom. The average molecular weight is 253 g/mol. The van der Waals surface area contributed by atoms with Crippen LogP contribution in [0.4, 0.5) is 0 Å². The summed E-state index contributed by atoms with van der Waals surface area (Å²) in [5, 5.41) is 0. The van der Waals surface area contributed by atoms with E-state index in [1.807, 2.05) is 12.1 Å². The maximum Gasteiger partial charge on any atom is 0.178 e. The number of nitrogens with one attached hydrogen (secondary N) is 1. The lowest BCUT2D eigenvalue weighted by molar-refractivity contribution is 0.0974. The smallest absolute Gasteiger partial charge is 0.178 e. The van der Waals surface area contributed by atoms with Crippen LogP contribution in [-0.2, 0) is 6.42 Å². The molecule has 1 aliphatic rings. The molecule has 0 saturated heterocycles. The highest BCUT2D eigenvalue weighted by molar-refractivity contribution is 5.94. The van der Waals surface area contributed by atoms with Gasteiger partial charge >= 0.3 is 0 Å². The molecule has 3 rings (SSSR count). The number of hydrogen-bond donors (Lipinski definition) is 1. The molecule has 0 fully saturated rings. The Kier molecular flexibility index (Phi) is 3.49. The molecule has 1 atom stereocenters. The van der Waals surface area contributed by atoms with Gasteiger partial charge < -0.3 is 4.98 Å². The van der Waals surface area contributed by atoms with E-state index in [2.05, 4.69) is 29.2 Å². The fourth-order valence-corrected chi connectivity index (χ4v) is 3.09. The van der Waals surface area contributed by atoms with E-state index in [0.29, 0.717) is 12.3 Å². The highest BCUT2D eigenvalue weighted by Crippen LogP contribution is 2.36. The van der Waals surface area contributed by atoms with Gasteiger partial charge in [-0.15, -0.1) is 0 Å². The largest absolute Gasteiger partial charge is 0.359 e. The maximum atomic E-state index is 11.9. The quantitative estimate of drug-likeness (QED) is 0.799. The van der Waals surface area contributed by atoms with E-state index in [9.17, 15) is 4.79 Å². The van der Waals surface area contributed by atoms with Gasteiger partial charge in [-0.2, -0.15) is 0 Å². The molecule has 98 valence electrons. The number of benzene rings is 1. The van der Waals surface area contributed by atoms with Crippen molar-refractivity contribution in [3.8, 4) is 0 Å². The number of hydrogen-bond acceptors (Lipinski definition) is 1. The molecule has 1 aliphatic carbocycles. The Bertz CT molecular complexity index is 556. The Morgan fingerprint density at radius 3 is 2.95 bits per heavy atom. The summed E-state index contributed by atoms with van der Waals surface area (Å²) in [5.41, 5.74) is 3.75. The lowest BCUT2D eigenvalue weighted by atomic mass is 9.94. The summed E-state index contributed by atoms with van der Waals surface area (Å²) in [4.78, 5) is 14.9. The van der Waals surface area contributed by atoms with E-state index in [-0.39, 0.29) is 5.78 Å². The number of Topliss-reactive ketones (excluding diaryl/α,β-unsaturated/α-hetero) is 1. The molecule has 2 nitrogen and oxygen atoms in total. The fraction of sp³-hybridized carbons (Fsp3) is 0.353. The Hall–Kier alpha value is -1.83. The number of aromatic amines is 1. The van der Waals surface area contributed by atoms with Crippen molar-refractivity contribution in [2.45, 2.75) is 38.0 Å². The van der Waals surface area contributed by atoms with Gasteiger partial charge in [0.15, 0.2) is 5.78 Å². The van der Waals surface area contributed by atoms with E-state index in [1.54, 1.807) is 6.20 Å². The molecule has 2 heteroatoms. The summed E-state index contributed by atoms with van der Waals surface area (Å²) in [6.45, 7) is 0. The van der Waals surface area contributed by atoms with E-state index in [0.717, 1.165) is 18.5 Å². The van der Waals surface area contributed by atoms with Gasteiger partial charge in [-0.25, -0.2) is 0 Å². The van der Waals surface area contributed by atoms with Crippen molar-refractivity contribution in [2.24, 2.45) is 0 Å². The van der Waals surface area contributed by atoms with Crippen molar-refractivity contribution in [3.05, 3.63) is 59.4 Å².